The topological polar surface area (TPSA) is 92.9 Å². The van der Waals surface area contributed by atoms with Gasteiger partial charge in [-0.25, -0.2) is 0 Å². The number of benzene rings is 1. The second-order valence-corrected chi connectivity index (χ2v) is 4.68. The third-order valence-electron chi connectivity index (χ3n) is 3.27. The van der Waals surface area contributed by atoms with Crippen LogP contribution in [0.1, 0.15) is 15.9 Å². The molecule has 0 spiro atoms. The molecule has 20 heavy (non-hydrogen) atoms. The second-order valence-electron chi connectivity index (χ2n) is 4.68. The third-order valence-corrected chi connectivity index (χ3v) is 3.27. The highest BCUT2D eigenvalue weighted by atomic mass is 16.6. The minimum Gasteiger partial charge on any atom is -0.394 e. The normalized spacial score (nSPS) is 18.9. The first kappa shape index (κ1) is 14.4. The van der Waals surface area contributed by atoms with Gasteiger partial charge in [0, 0.05) is 30.3 Å². The number of hydrogen-bond donors (Lipinski definition) is 1. The molecule has 0 aliphatic carbocycles. The summed E-state index contributed by atoms with van der Waals surface area (Å²) in [5.74, 6) is -0.204. The lowest BCUT2D eigenvalue weighted by molar-refractivity contribution is -0.385. The molecule has 108 valence electrons. The van der Waals surface area contributed by atoms with Crippen LogP contribution in [-0.4, -0.2) is 53.2 Å². The number of aliphatic hydroxyl groups is 1. The predicted octanol–water partition coefficient (Wildman–Crippen LogP) is 0.737. The first-order valence-corrected chi connectivity index (χ1v) is 6.29. The van der Waals surface area contributed by atoms with Gasteiger partial charge in [-0.2, -0.15) is 0 Å². The standard InChI is InChI=1S/C13H16N2O5/c1-9-6-10(2-3-12(9)15(18)19)13(17)14-4-5-20-11(7-14)8-16/h2-3,6,11,16H,4-5,7-8H2,1H3. The SMILES string of the molecule is Cc1cc(C(=O)N2CCOC(CO)C2)ccc1[N+](=O)[O-]. The Hall–Kier alpha value is -1.99. The van der Waals surface area contributed by atoms with Crippen LogP contribution in [0.4, 0.5) is 5.69 Å². The smallest absolute Gasteiger partial charge is 0.272 e. The van der Waals surface area contributed by atoms with Crippen molar-refractivity contribution in [1.82, 2.24) is 4.90 Å². The van der Waals surface area contributed by atoms with Crippen molar-refractivity contribution < 1.29 is 19.6 Å². The third kappa shape index (κ3) is 2.94. The molecule has 2 rings (SSSR count). The fourth-order valence-electron chi connectivity index (χ4n) is 2.19. The summed E-state index contributed by atoms with van der Waals surface area (Å²) >= 11 is 0. The Morgan fingerprint density at radius 1 is 1.60 bits per heavy atom. The van der Waals surface area contributed by atoms with E-state index in [2.05, 4.69) is 0 Å². The zero-order valence-corrected chi connectivity index (χ0v) is 11.1. The largest absolute Gasteiger partial charge is 0.394 e. The molecule has 1 aliphatic heterocycles. The van der Waals surface area contributed by atoms with Crippen LogP contribution in [0.3, 0.4) is 0 Å². The van der Waals surface area contributed by atoms with E-state index in [0.717, 1.165) is 0 Å². The van der Waals surface area contributed by atoms with Crippen LogP contribution in [0, 0.1) is 17.0 Å². The predicted molar refractivity (Wildman–Crippen MR) is 70.6 cm³/mol. The Labute approximate surface area is 115 Å². The first-order chi connectivity index (χ1) is 9.52. The van der Waals surface area contributed by atoms with Crippen molar-refractivity contribution >= 4 is 11.6 Å². The molecular formula is C13H16N2O5. The Morgan fingerprint density at radius 3 is 2.95 bits per heavy atom. The summed E-state index contributed by atoms with van der Waals surface area (Å²) in [5.41, 5.74) is 0.858. The minimum absolute atomic E-state index is 0.00300. The monoisotopic (exact) mass is 280 g/mol. The molecule has 1 fully saturated rings. The van der Waals surface area contributed by atoms with Gasteiger partial charge < -0.3 is 14.7 Å². The molecule has 7 heteroatoms. The zero-order valence-electron chi connectivity index (χ0n) is 11.1. The van der Waals surface area contributed by atoms with E-state index in [1.807, 2.05) is 0 Å². The molecule has 1 N–H and O–H groups in total. The molecule has 1 aliphatic rings. The number of amides is 1. The van der Waals surface area contributed by atoms with Crippen LogP contribution in [-0.2, 0) is 4.74 Å². The van der Waals surface area contributed by atoms with E-state index in [1.54, 1.807) is 11.8 Å². The number of carbonyl (C=O) groups excluding carboxylic acids is 1. The lowest BCUT2D eigenvalue weighted by Gasteiger charge is -2.32. The van der Waals surface area contributed by atoms with E-state index < -0.39 is 4.92 Å². The Balaban J connectivity index is 2.17. The molecule has 1 amide bonds. The highest BCUT2D eigenvalue weighted by molar-refractivity contribution is 5.94. The van der Waals surface area contributed by atoms with Crippen molar-refractivity contribution in [2.75, 3.05) is 26.3 Å². The Morgan fingerprint density at radius 2 is 2.35 bits per heavy atom. The Bertz CT molecular complexity index is 531. The van der Waals surface area contributed by atoms with Crippen molar-refractivity contribution in [3.8, 4) is 0 Å². The number of nitro groups is 1. The molecular weight excluding hydrogens is 264 g/mol. The van der Waals surface area contributed by atoms with Crippen LogP contribution < -0.4 is 0 Å². The van der Waals surface area contributed by atoms with Gasteiger partial charge in [-0.15, -0.1) is 0 Å². The summed E-state index contributed by atoms with van der Waals surface area (Å²) in [6.45, 7) is 2.62. The molecule has 0 radical (unpaired) electrons. The molecule has 1 saturated heterocycles. The molecule has 1 aromatic rings. The highest BCUT2D eigenvalue weighted by Crippen LogP contribution is 2.20. The second kappa shape index (κ2) is 5.98. The number of nitrogens with zero attached hydrogens (tertiary/aromatic N) is 2. The fraction of sp³-hybridized carbons (Fsp3) is 0.462. The highest BCUT2D eigenvalue weighted by Gasteiger charge is 2.25. The number of aryl methyl sites for hydroxylation is 1. The van der Waals surface area contributed by atoms with Gasteiger partial charge in [0.15, 0.2) is 0 Å². The maximum Gasteiger partial charge on any atom is 0.272 e. The van der Waals surface area contributed by atoms with Crippen molar-refractivity contribution in [2.24, 2.45) is 0 Å². The van der Waals surface area contributed by atoms with Crippen LogP contribution in [0.2, 0.25) is 0 Å². The molecule has 1 unspecified atom stereocenters. The van der Waals surface area contributed by atoms with Crippen molar-refractivity contribution in [3.05, 3.63) is 39.4 Å². The number of morpholine rings is 1. The number of hydrogen-bond acceptors (Lipinski definition) is 5. The van der Waals surface area contributed by atoms with Gasteiger partial charge in [0.25, 0.3) is 11.6 Å². The van der Waals surface area contributed by atoms with Gasteiger partial charge in [0.1, 0.15) is 0 Å². The maximum atomic E-state index is 12.3. The summed E-state index contributed by atoms with van der Waals surface area (Å²) in [6.07, 6.45) is -0.369. The van der Waals surface area contributed by atoms with Gasteiger partial charge in [-0.1, -0.05) is 0 Å². The van der Waals surface area contributed by atoms with E-state index in [9.17, 15) is 14.9 Å². The van der Waals surface area contributed by atoms with Crippen molar-refractivity contribution in [2.45, 2.75) is 13.0 Å². The van der Waals surface area contributed by atoms with E-state index in [1.165, 1.54) is 18.2 Å². The first-order valence-electron chi connectivity index (χ1n) is 6.29. The Kier molecular flexibility index (Phi) is 4.31. The quantitative estimate of drug-likeness (QED) is 0.651. The van der Waals surface area contributed by atoms with Crippen LogP contribution in [0.25, 0.3) is 0 Å². The van der Waals surface area contributed by atoms with Crippen LogP contribution >= 0.6 is 0 Å². The van der Waals surface area contributed by atoms with E-state index >= 15 is 0 Å². The summed E-state index contributed by atoms with van der Waals surface area (Å²) in [7, 11) is 0. The molecule has 0 bridgehead atoms. The number of carbonyl (C=O) groups is 1. The number of ether oxygens (including phenoxy) is 1. The van der Waals surface area contributed by atoms with Gasteiger partial charge in [0.2, 0.25) is 0 Å². The fourth-order valence-corrected chi connectivity index (χ4v) is 2.19. The molecule has 1 atom stereocenters. The summed E-state index contributed by atoms with van der Waals surface area (Å²) < 4.78 is 5.28. The number of rotatable bonds is 3. The molecule has 1 heterocycles. The van der Waals surface area contributed by atoms with Crippen molar-refractivity contribution in [3.63, 3.8) is 0 Å². The van der Waals surface area contributed by atoms with Crippen molar-refractivity contribution in [1.29, 1.82) is 0 Å². The molecule has 0 saturated carbocycles. The molecule has 1 aromatic carbocycles. The summed E-state index contributed by atoms with van der Waals surface area (Å²) in [5, 5.41) is 19.8. The van der Waals surface area contributed by atoms with Gasteiger partial charge in [0.05, 0.1) is 24.2 Å². The summed E-state index contributed by atoms with van der Waals surface area (Å²) in [6, 6.07) is 4.31. The van der Waals surface area contributed by atoms with Crippen LogP contribution in [0.5, 0.6) is 0 Å². The van der Waals surface area contributed by atoms with Gasteiger partial charge >= 0.3 is 0 Å². The molecule has 0 aromatic heterocycles. The summed E-state index contributed by atoms with van der Waals surface area (Å²) in [4.78, 5) is 24.2. The lowest BCUT2D eigenvalue weighted by atomic mass is 10.1. The van der Waals surface area contributed by atoms with E-state index in [4.69, 9.17) is 9.84 Å². The zero-order chi connectivity index (χ0) is 14.7. The van der Waals surface area contributed by atoms with Gasteiger partial charge in [-0.3, -0.25) is 14.9 Å². The maximum absolute atomic E-state index is 12.3. The number of aliphatic hydroxyl groups excluding tert-OH is 1. The van der Waals surface area contributed by atoms with E-state index in [-0.39, 0.29) is 24.3 Å². The lowest BCUT2D eigenvalue weighted by Crippen LogP contribution is -2.46. The molecule has 7 nitrogen and oxygen atoms in total. The van der Waals surface area contributed by atoms with Crippen LogP contribution in [0.15, 0.2) is 18.2 Å². The van der Waals surface area contributed by atoms with Gasteiger partial charge in [-0.05, 0) is 19.1 Å². The minimum atomic E-state index is -0.472. The average molecular weight is 280 g/mol. The van der Waals surface area contributed by atoms with E-state index in [0.29, 0.717) is 30.8 Å². The number of nitro benzene ring substituents is 1. The average Bonchev–Trinajstić information content (AvgIpc) is 2.46.